The fourth-order valence-corrected chi connectivity index (χ4v) is 4.90. The summed E-state index contributed by atoms with van der Waals surface area (Å²) < 4.78 is 0. The van der Waals surface area contributed by atoms with Gasteiger partial charge in [-0.2, -0.15) is 11.8 Å². The first-order valence-corrected chi connectivity index (χ1v) is 14.3. The molecule has 4 aromatic rings. The van der Waals surface area contributed by atoms with Crippen LogP contribution in [0.25, 0.3) is 11.1 Å². The van der Waals surface area contributed by atoms with Gasteiger partial charge in [-0.05, 0) is 84.0 Å². The first-order valence-electron chi connectivity index (χ1n) is 12.9. The van der Waals surface area contributed by atoms with Crippen LogP contribution in [0.1, 0.15) is 38.3 Å². The molecule has 1 atom stereocenters. The Morgan fingerprint density at radius 1 is 0.950 bits per heavy atom. The van der Waals surface area contributed by atoms with E-state index < -0.39 is 17.9 Å². The Morgan fingerprint density at radius 3 is 2.38 bits per heavy atom. The van der Waals surface area contributed by atoms with Crippen LogP contribution in [0.15, 0.2) is 97.3 Å². The lowest BCUT2D eigenvalue weighted by atomic mass is 9.93. The Bertz CT molecular complexity index is 1480. The molecule has 0 saturated carbocycles. The fourth-order valence-electron chi connectivity index (χ4n) is 4.43. The largest absolute Gasteiger partial charge is 0.480 e. The number of thioether (sulfide) groups is 1. The number of aryl methyl sites for hydroxylation is 1. The SMILES string of the molecule is CSCC[C@H](NC(=O)c1ccc(CN(C(=O)c2ccccc2)c2cccnc2)cc1-c1ccccc1C)C(=O)O. The summed E-state index contributed by atoms with van der Waals surface area (Å²) in [5.41, 5.74) is 4.86. The summed E-state index contributed by atoms with van der Waals surface area (Å²) in [4.78, 5) is 44.7. The average molecular weight is 554 g/mol. The van der Waals surface area contributed by atoms with Crippen molar-refractivity contribution in [2.24, 2.45) is 0 Å². The highest BCUT2D eigenvalue weighted by molar-refractivity contribution is 7.98. The first-order chi connectivity index (χ1) is 19.4. The number of hydrogen-bond donors (Lipinski definition) is 2. The van der Waals surface area contributed by atoms with Crippen LogP contribution in [0.2, 0.25) is 0 Å². The molecule has 0 saturated heterocycles. The molecule has 40 heavy (non-hydrogen) atoms. The lowest BCUT2D eigenvalue weighted by Gasteiger charge is -2.24. The summed E-state index contributed by atoms with van der Waals surface area (Å²) in [6.45, 7) is 2.20. The van der Waals surface area contributed by atoms with Gasteiger partial charge in [-0.25, -0.2) is 4.79 Å². The molecule has 0 aliphatic heterocycles. The van der Waals surface area contributed by atoms with E-state index in [4.69, 9.17) is 0 Å². The molecule has 0 aliphatic carbocycles. The molecule has 0 unspecified atom stereocenters. The van der Waals surface area contributed by atoms with Crippen LogP contribution >= 0.6 is 11.8 Å². The van der Waals surface area contributed by atoms with E-state index in [-0.39, 0.29) is 12.5 Å². The molecule has 204 valence electrons. The Morgan fingerprint density at radius 2 is 1.70 bits per heavy atom. The minimum absolute atomic E-state index is 0.175. The van der Waals surface area contributed by atoms with E-state index >= 15 is 0 Å². The number of rotatable bonds is 11. The maximum absolute atomic E-state index is 13.6. The zero-order valence-corrected chi connectivity index (χ0v) is 23.2. The van der Waals surface area contributed by atoms with Crippen LogP contribution in [0.3, 0.4) is 0 Å². The van der Waals surface area contributed by atoms with Crippen molar-refractivity contribution < 1.29 is 19.5 Å². The Kier molecular flexibility index (Phi) is 9.70. The second-order valence-electron chi connectivity index (χ2n) is 9.31. The van der Waals surface area contributed by atoms with Gasteiger partial charge in [0.15, 0.2) is 0 Å². The predicted octanol–water partition coefficient (Wildman–Crippen LogP) is 5.84. The summed E-state index contributed by atoms with van der Waals surface area (Å²) in [6.07, 6.45) is 5.52. The van der Waals surface area contributed by atoms with Gasteiger partial charge in [-0.1, -0.05) is 48.5 Å². The minimum Gasteiger partial charge on any atom is -0.480 e. The van der Waals surface area contributed by atoms with Gasteiger partial charge in [0, 0.05) is 17.3 Å². The molecule has 0 spiro atoms. The third-order valence-electron chi connectivity index (χ3n) is 6.54. The highest BCUT2D eigenvalue weighted by Crippen LogP contribution is 2.30. The van der Waals surface area contributed by atoms with Crippen molar-refractivity contribution in [1.82, 2.24) is 10.3 Å². The summed E-state index contributed by atoms with van der Waals surface area (Å²) in [5.74, 6) is -1.09. The minimum atomic E-state index is -1.07. The third-order valence-corrected chi connectivity index (χ3v) is 7.19. The average Bonchev–Trinajstić information content (AvgIpc) is 2.98. The van der Waals surface area contributed by atoms with E-state index in [2.05, 4.69) is 10.3 Å². The molecule has 0 aliphatic rings. The van der Waals surface area contributed by atoms with E-state index in [0.717, 1.165) is 16.7 Å². The molecular formula is C32H31N3O4S. The number of amides is 2. The number of hydrogen-bond acceptors (Lipinski definition) is 5. The molecule has 3 aromatic carbocycles. The van der Waals surface area contributed by atoms with Crippen molar-refractivity contribution in [3.05, 3.63) is 120 Å². The van der Waals surface area contributed by atoms with Crippen molar-refractivity contribution in [3.8, 4) is 11.1 Å². The van der Waals surface area contributed by atoms with Crippen molar-refractivity contribution in [3.63, 3.8) is 0 Å². The number of nitrogens with one attached hydrogen (secondary N) is 1. The van der Waals surface area contributed by atoms with E-state index in [1.165, 1.54) is 11.8 Å². The first kappa shape index (κ1) is 28.6. The standard InChI is InChI=1S/C32H31N3O4S/c1-22-9-6-7-13-26(22)28-19-23(14-15-27(28)30(36)34-29(32(38)39)16-18-40-2)21-35(25-12-8-17-33-20-25)31(37)24-10-4-3-5-11-24/h3-15,17,19-20,29H,16,18,21H2,1-2H3,(H,34,36)(H,38,39)/t29-/m0/s1. The van der Waals surface area contributed by atoms with Gasteiger partial charge in [0.25, 0.3) is 11.8 Å². The van der Waals surface area contributed by atoms with Crippen LogP contribution in [0.5, 0.6) is 0 Å². The number of carbonyl (C=O) groups excluding carboxylic acids is 2. The number of carboxylic acids is 1. The number of carbonyl (C=O) groups is 3. The molecule has 0 radical (unpaired) electrons. The summed E-state index contributed by atoms with van der Waals surface area (Å²) >= 11 is 1.53. The highest BCUT2D eigenvalue weighted by atomic mass is 32.2. The fraction of sp³-hybridized carbons (Fsp3) is 0.188. The Balaban J connectivity index is 1.74. The molecule has 0 fully saturated rings. The third kappa shape index (κ3) is 6.95. The maximum Gasteiger partial charge on any atom is 0.326 e. The highest BCUT2D eigenvalue weighted by Gasteiger charge is 2.24. The molecule has 7 nitrogen and oxygen atoms in total. The lowest BCUT2D eigenvalue weighted by molar-refractivity contribution is -0.139. The Labute approximate surface area is 238 Å². The topological polar surface area (TPSA) is 99.6 Å². The smallest absolute Gasteiger partial charge is 0.326 e. The van der Waals surface area contributed by atoms with Crippen molar-refractivity contribution in [2.45, 2.75) is 25.9 Å². The van der Waals surface area contributed by atoms with E-state index in [9.17, 15) is 19.5 Å². The number of aromatic nitrogens is 1. The quantitative estimate of drug-likeness (QED) is 0.242. The van der Waals surface area contributed by atoms with Gasteiger partial charge in [-0.15, -0.1) is 0 Å². The number of aliphatic carboxylic acids is 1. The second kappa shape index (κ2) is 13.6. The monoisotopic (exact) mass is 553 g/mol. The van der Waals surface area contributed by atoms with Crippen molar-refractivity contribution >= 4 is 35.2 Å². The molecule has 1 aromatic heterocycles. The number of anilines is 1. The Hall–Kier alpha value is -4.43. The lowest BCUT2D eigenvalue weighted by Crippen LogP contribution is -2.41. The summed E-state index contributed by atoms with van der Waals surface area (Å²) in [6, 6.07) is 24.8. The number of carboxylic acid groups (broad SMARTS) is 1. The molecular weight excluding hydrogens is 522 g/mol. The second-order valence-corrected chi connectivity index (χ2v) is 10.3. The van der Waals surface area contributed by atoms with Gasteiger partial charge in [-0.3, -0.25) is 14.6 Å². The molecule has 0 bridgehead atoms. The predicted molar refractivity (Wildman–Crippen MR) is 160 cm³/mol. The zero-order chi connectivity index (χ0) is 28.5. The van der Waals surface area contributed by atoms with Gasteiger partial charge >= 0.3 is 5.97 Å². The number of pyridine rings is 1. The van der Waals surface area contributed by atoms with E-state index in [1.54, 1.807) is 47.6 Å². The van der Waals surface area contributed by atoms with Crippen molar-refractivity contribution in [1.29, 1.82) is 0 Å². The molecule has 1 heterocycles. The van der Waals surface area contributed by atoms with Gasteiger partial charge < -0.3 is 15.3 Å². The number of benzene rings is 3. The molecule has 4 rings (SSSR count). The zero-order valence-electron chi connectivity index (χ0n) is 22.4. The van der Waals surface area contributed by atoms with Gasteiger partial charge in [0.05, 0.1) is 18.4 Å². The molecule has 8 heteroatoms. The van der Waals surface area contributed by atoms with Crippen LogP contribution < -0.4 is 10.2 Å². The van der Waals surface area contributed by atoms with Gasteiger partial charge in [0.1, 0.15) is 6.04 Å². The normalized spacial score (nSPS) is 11.4. The maximum atomic E-state index is 13.6. The summed E-state index contributed by atoms with van der Waals surface area (Å²) in [5, 5.41) is 12.4. The van der Waals surface area contributed by atoms with Crippen molar-refractivity contribution in [2.75, 3.05) is 16.9 Å². The van der Waals surface area contributed by atoms with Crippen LogP contribution in [-0.2, 0) is 11.3 Å². The molecule has 2 amide bonds. The van der Waals surface area contributed by atoms with Crippen LogP contribution in [0, 0.1) is 6.92 Å². The van der Waals surface area contributed by atoms with E-state index in [0.29, 0.717) is 34.6 Å². The van der Waals surface area contributed by atoms with Crippen LogP contribution in [0.4, 0.5) is 5.69 Å². The number of nitrogens with zero attached hydrogens (tertiary/aromatic N) is 2. The summed E-state index contributed by atoms with van der Waals surface area (Å²) in [7, 11) is 0. The van der Waals surface area contributed by atoms with Gasteiger partial charge in [0.2, 0.25) is 0 Å². The molecule has 2 N–H and O–H groups in total. The van der Waals surface area contributed by atoms with Crippen LogP contribution in [-0.4, -0.2) is 45.9 Å². The van der Waals surface area contributed by atoms with E-state index in [1.807, 2.05) is 67.8 Å².